The lowest BCUT2D eigenvalue weighted by atomic mass is 10.1. The number of benzene rings is 1. The van der Waals surface area contributed by atoms with Gasteiger partial charge in [0.15, 0.2) is 17.8 Å². The standard InChI is InChI=1S/C17H15ClN4O2S/c1-22-16(11-2-4-19-5-3-11)20-21-17(22)25-9-13-7-14(18)6-12-8-23-10-24-15(12)13/h2-7H,8-10H2,1H3. The number of pyridine rings is 1. The van der Waals surface area contributed by atoms with Crippen molar-refractivity contribution in [1.29, 1.82) is 0 Å². The van der Waals surface area contributed by atoms with Gasteiger partial charge in [0.05, 0.1) is 6.61 Å². The molecule has 0 atom stereocenters. The van der Waals surface area contributed by atoms with Crippen LogP contribution >= 0.6 is 23.4 Å². The fraction of sp³-hybridized carbons (Fsp3) is 0.235. The highest BCUT2D eigenvalue weighted by Crippen LogP contribution is 2.35. The van der Waals surface area contributed by atoms with E-state index in [1.807, 2.05) is 35.9 Å². The van der Waals surface area contributed by atoms with E-state index in [0.717, 1.165) is 33.4 Å². The van der Waals surface area contributed by atoms with Gasteiger partial charge in [-0.3, -0.25) is 4.98 Å². The molecule has 0 saturated heterocycles. The summed E-state index contributed by atoms with van der Waals surface area (Å²) in [5, 5.41) is 10.1. The van der Waals surface area contributed by atoms with Crippen LogP contribution in [0.1, 0.15) is 11.1 Å². The van der Waals surface area contributed by atoms with Crippen molar-refractivity contribution >= 4 is 23.4 Å². The number of nitrogens with zero attached hydrogens (tertiary/aromatic N) is 4. The Balaban J connectivity index is 1.57. The molecule has 0 spiro atoms. The van der Waals surface area contributed by atoms with Crippen LogP contribution in [0.4, 0.5) is 0 Å². The number of fused-ring (bicyclic) bond motifs is 1. The van der Waals surface area contributed by atoms with Gasteiger partial charge in [-0.15, -0.1) is 10.2 Å². The average molecular weight is 375 g/mol. The molecule has 0 unspecified atom stereocenters. The molecule has 1 aliphatic rings. The Bertz CT molecular complexity index is 901. The van der Waals surface area contributed by atoms with Gasteiger partial charge in [-0.25, -0.2) is 0 Å². The van der Waals surface area contributed by atoms with E-state index in [4.69, 9.17) is 21.1 Å². The normalized spacial score (nSPS) is 13.4. The Morgan fingerprint density at radius 3 is 2.92 bits per heavy atom. The highest BCUT2D eigenvalue weighted by molar-refractivity contribution is 7.98. The zero-order valence-electron chi connectivity index (χ0n) is 13.5. The molecular weight excluding hydrogens is 360 g/mol. The van der Waals surface area contributed by atoms with Crippen LogP contribution in [0, 0.1) is 0 Å². The molecule has 3 heterocycles. The first-order valence-corrected chi connectivity index (χ1v) is 9.03. The molecule has 0 radical (unpaired) electrons. The second kappa shape index (κ2) is 7.03. The van der Waals surface area contributed by atoms with Crippen LogP contribution in [0.2, 0.25) is 5.02 Å². The lowest BCUT2D eigenvalue weighted by Crippen LogP contribution is -2.13. The topological polar surface area (TPSA) is 62.1 Å². The summed E-state index contributed by atoms with van der Waals surface area (Å²) in [7, 11) is 1.95. The second-order valence-corrected chi connectivity index (χ2v) is 6.93. The van der Waals surface area contributed by atoms with Crippen LogP contribution in [0.25, 0.3) is 11.4 Å². The summed E-state index contributed by atoms with van der Waals surface area (Å²) >= 11 is 7.81. The molecule has 1 aliphatic heterocycles. The number of rotatable bonds is 4. The van der Waals surface area contributed by atoms with E-state index >= 15 is 0 Å². The number of hydrogen-bond acceptors (Lipinski definition) is 6. The zero-order chi connectivity index (χ0) is 17.2. The maximum atomic E-state index is 6.22. The number of aromatic nitrogens is 4. The molecule has 4 rings (SSSR count). The molecule has 0 N–H and O–H groups in total. The van der Waals surface area contributed by atoms with Crippen LogP contribution in [-0.2, 0) is 24.1 Å². The van der Waals surface area contributed by atoms with Crippen LogP contribution in [0.15, 0.2) is 41.8 Å². The summed E-state index contributed by atoms with van der Waals surface area (Å²) in [6, 6.07) is 7.65. The molecule has 0 amide bonds. The van der Waals surface area contributed by atoms with Gasteiger partial charge in [-0.1, -0.05) is 23.4 Å². The molecule has 6 nitrogen and oxygen atoms in total. The van der Waals surface area contributed by atoms with E-state index in [-0.39, 0.29) is 6.79 Å². The van der Waals surface area contributed by atoms with Crippen molar-refractivity contribution in [2.24, 2.45) is 7.05 Å². The predicted octanol–water partition coefficient (Wildman–Crippen LogP) is 3.69. The van der Waals surface area contributed by atoms with Gasteiger partial charge < -0.3 is 14.0 Å². The highest BCUT2D eigenvalue weighted by atomic mass is 35.5. The minimum Gasteiger partial charge on any atom is -0.467 e. The number of thioether (sulfide) groups is 1. The van der Waals surface area contributed by atoms with Crippen LogP contribution < -0.4 is 4.74 Å². The van der Waals surface area contributed by atoms with Gasteiger partial charge in [-0.2, -0.15) is 0 Å². The maximum absolute atomic E-state index is 6.22. The first kappa shape index (κ1) is 16.4. The lowest BCUT2D eigenvalue weighted by Gasteiger charge is -2.20. The number of ether oxygens (including phenoxy) is 2. The molecule has 3 aromatic rings. The van der Waals surface area contributed by atoms with Gasteiger partial charge in [0.2, 0.25) is 0 Å². The molecular formula is C17H15ClN4O2S. The smallest absolute Gasteiger partial charge is 0.191 e. The Labute approximate surface area is 154 Å². The molecule has 8 heteroatoms. The van der Waals surface area contributed by atoms with Crippen molar-refractivity contribution in [3.05, 3.63) is 52.8 Å². The lowest BCUT2D eigenvalue weighted by molar-refractivity contribution is -0.0168. The molecule has 0 aliphatic carbocycles. The van der Waals surface area contributed by atoms with E-state index in [2.05, 4.69) is 15.2 Å². The van der Waals surface area contributed by atoms with Gasteiger partial charge in [-0.05, 0) is 24.3 Å². The van der Waals surface area contributed by atoms with Gasteiger partial charge in [0.1, 0.15) is 5.75 Å². The molecule has 0 bridgehead atoms. The highest BCUT2D eigenvalue weighted by Gasteiger charge is 2.18. The van der Waals surface area contributed by atoms with Crippen molar-refractivity contribution in [3.8, 4) is 17.1 Å². The SMILES string of the molecule is Cn1c(SCc2cc(Cl)cc3c2OCOC3)nnc1-c1ccncc1. The van der Waals surface area contributed by atoms with Crippen molar-refractivity contribution in [2.45, 2.75) is 17.5 Å². The molecule has 25 heavy (non-hydrogen) atoms. The third kappa shape index (κ3) is 3.35. The van der Waals surface area contributed by atoms with Crippen molar-refractivity contribution < 1.29 is 9.47 Å². The first-order chi connectivity index (χ1) is 12.2. The average Bonchev–Trinajstić information content (AvgIpc) is 3.01. The summed E-state index contributed by atoms with van der Waals surface area (Å²) in [6.45, 7) is 0.784. The summed E-state index contributed by atoms with van der Waals surface area (Å²) in [5.41, 5.74) is 2.99. The number of hydrogen-bond donors (Lipinski definition) is 0. The Morgan fingerprint density at radius 2 is 2.08 bits per heavy atom. The van der Waals surface area contributed by atoms with Crippen LogP contribution in [0.5, 0.6) is 5.75 Å². The Morgan fingerprint density at radius 1 is 1.24 bits per heavy atom. The molecule has 2 aromatic heterocycles. The number of halogens is 1. The largest absolute Gasteiger partial charge is 0.467 e. The van der Waals surface area contributed by atoms with E-state index in [9.17, 15) is 0 Å². The Hall–Kier alpha value is -2.09. The molecule has 1 aromatic carbocycles. The Kier molecular flexibility index (Phi) is 4.61. The third-order valence-electron chi connectivity index (χ3n) is 3.88. The third-order valence-corrected chi connectivity index (χ3v) is 5.17. The fourth-order valence-corrected chi connectivity index (χ4v) is 3.84. The van der Waals surface area contributed by atoms with E-state index in [0.29, 0.717) is 17.4 Å². The summed E-state index contributed by atoms with van der Waals surface area (Å²) in [4.78, 5) is 4.03. The van der Waals surface area contributed by atoms with Crippen molar-refractivity contribution in [3.63, 3.8) is 0 Å². The quantitative estimate of drug-likeness (QED) is 0.649. The molecule has 128 valence electrons. The fourth-order valence-electron chi connectivity index (χ4n) is 2.70. The monoisotopic (exact) mass is 374 g/mol. The summed E-state index contributed by atoms with van der Waals surface area (Å²) in [5.74, 6) is 2.35. The van der Waals surface area contributed by atoms with E-state index in [1.165, 1.54) is 0 Å². The van der Waals surface area contributed by atoms with Gasteiger partial charge >= 0.3 is 0 Å². The summed E-state index contributed by atoms with van der Waals surface area (Å²) in [6.07, 6.45) is 3.49. The van der Waals surface area contributed by atoms with Crippen molar-refractivity contribution in [2.75, 3.05) is 6.79 Å². The van der Waals surface area contributed by atoms with Gasteiger partial charge in [0, 0.05) is 46.9 Å². The minimum atomic E-state index is 0.266. The van der Waals surface area contributed by atoms with E-state index in [1.54, 1.807) is 24.2 Å². The maximum Gasteiger partial charge on any atom is 0.191 e. The molecule has 0 saturated carbocycles. The van der Waals surface area contributed by atoms with E-state index < -0.39 is 0 Å². The first-order valence-electron chi connectivity index (χ1n) is 7.67. The summed E-state index contributed by atoms with van der Waals surface area (Å²) < 4.78 is 13.0. The van der Waals surface area contributed by atoms with Gasteiger partial charge in [0.25, 0.3) is 0 Å². The van der Waals surface area contributed by atoms with Crippen LogP contribution in [0.3, 0.4) is 0 Å². The minimum absolute atomic E-state index is 0.266. The zero-order valence-corrected chi connectivity index (χ0v) is 15.0. The van der Waals surface area contributed by atoms with Crippen molar-refractivity contribution in [1.82, 2.24) is 19.7 Å². The predicted molar refractivity (Wildman–Crippen MR) is 95.5 cm³/mol. The molecule has 0 fully saturated rings. The second-order valence-electron chi connectivity index (χ2n) is 5.55. The van der Waals surface area contributed by atoms with Crippen LogP contribution in [-0.4, -0.2) is 26.5 Å².